The number of hydrogen-bond donors (Lipinski definition) is 1. The number of nitro groups is 1. The fourth-order valence-electron chi connectivity index (χ4n) is 3.75. The molecular formula is C18H15ClN2O2. The first-order valence-electron chi connectivity index (χ1n) is 7.61. The van der Waals surface area contributed by atoms with Crippen molar-refractivity contribution in [1.29, 1.82) is 0 Å². The molecule has 0 fully saturated rings. The summed E-state index contributed by atoms with van der Waals surface area (Å²) in [5.74, 6) is 0.650. The fourth-order valence-corrected chi connectivity index (χ4v) is 3.98. The van der Waals surface area contributed by atoms with E-state index in [1.807, 2.05) is 18.2 Å². The number of non-ortho nitro benzene ring substituents is 1. The van der Waals surface area contributed by atoms with E-state index in [2.05, 4.69) is 23.5 Å². The van der Waals surface area contributed by atoms with Crippen LogP contribution in [0.4, 0.5) is 11.4 Å². The van der Waals surface area contributed by atoms with Crippen LogP contribution in [0.3, 0.4) is 0 Å². The summed E-state index contributed by atoms with van der Waals surface area (Å²) < 4.78 is 0. The smallest absolute Gasteiger partial charge is 0.269 e. The highest BCUT2D eigenvalue weighted by Gasteiger charge is 2.38. The average Bonchev–Trinajstić information content (AvgIpc) is 3.04. The van der Waals surface area contributed by atoms with Crippen LogP contribution in [0.2, 0.25) is 5.02 Å². The molecule has 1 aliphatic carbocycles. The van der Waals surface area contributed by atoms with E-state index in [1.165, 1.54) is 11.6 Å². The second kappa shape index (κ2) is 5.39. The van der Waals surface area contributed by atoms with Crippen molar-refractivity contribution in [1.82, 2.24) is 0 Å². The highest BCUT2D eigenvalue weighted by Crippen LogP contribution is 2.51. The van der Waals surface area contributed by atoms with Crippen molar-refractivity contribution in [3.63, 3.8) is 0 Å². The Labute approximate surface area is 138 Å². The Kier molecular flexibility index (Phi) is 3.34. The average molecular weight is 327 g/mol. The summed E-state index contributed by atoms with van der Waals surface area (Å²) in [6, 6.07) is 12.8. The van der Waals surface area contributed by atoms with E-state index < -0.39 is 0 Å². The van der Waals surface area contributed by atoms with E-state index in [1.54, 1.807) is 12.1 Å². The summed E-state index contributed by atoms with van der Waals surface area (Å²) in [5.41, 5.74) is 3.21. The molecular weight excluding hydrogens is 312 g/mol. The van der Waals surface area contributed by atoms with Crippen LogP contribution in [0, 0.1) is 16.0 Å². The number of hydrogen-bond acceptors (Lipinski definition) is 3. The number of nitrogens with one attached hydrogen (secondary N) is 1. The maximum atomic E-state index is 11.1. The Morgan fingerprint density at radius 2 is 2.04 bits per heavy atom. The molecule has 0 saturated carbocycles. The van der Waals surface area contributed by atoms with Gasteiger partial charge < -0.3 is 5.32 Å². The predicted octanol–water partition coefficient (Wildman–Crippen LogP) is 5.07. The fraction of sp³-hybridized carbons (Fsp3) is 0.222. The van der Waals surface area contributed by atoms with E-state index in [-0.39, 0.29) is 16.7 Å². The van der Waals surface area contributed by atoms with Gasteiger partial charge in [0.1, 0.15) is 0 Å². The first-order chi connectivity index (χ1) is 11.1. The second-order valence-electron chi connectivity index (χ2n) is 6.03. The molecule has 2 aliphatic rings. The topological polar surface area (TPSA) is 55.2 Å². The van der Waals surface area contributed by atoms with Crippen LogP contribution < -0.4 is 5.32 Å². The minimum absolute atomic E-state index is 0.0160. The lowest BCUT2D eigenvalue weighted by atomic mass is 9.77. The molecule has 5 heteroatoms. The van der Waals surface area contributed by atoms with Gasteiger partial charge in [-0.15, -0.1) is 0 Å². The zero-order valence-corrected chi connectivity index (χ0v) is 13.0. The summed E-state index contributed by atoms with van der Waals surface area (Å²) >= 11 is 6.37. The lowest BCUT2D eigenvalue weighted by molar-refractivity contribution is -0.384. The van der Waals surface area contributed by atoms with Crippen LogP contribution in [0.25, 0.3) is 0 Å². The highest BCUT2D eigenvalue weighted by atomic mass is 35.5. The van der Waals surface area contributed by atoms with Crippen molar-refractivity contribution < 1.29 is 4.92 Å². The number of rotatable bonds is 2. The molecule has 0 spiro atoms. The van der Waals surface area contributed by atoms with Crippen molar-refractivity contribution in [2.75, 3.05) is 5.32 Å². The maximum absolute atomic E-state index is 11.1. The zero-order valence-electron chi connectivity index (χ0n) is 12.3. The van der Waals surface area contributed by atoms with Crippen LogP contribution in [0.15, 0.2) is 54.6 Å². The van der Waals surface area contributed by atoms with E-state index in [0.29, 0.717) is 16.9 Å². The molecule has 0 amide bonds. The SMILES string of the molecule is O=[N+]([O-])c1cccc([C@H]2Nc3c(Cl)cccc3[C@@H]3C=CC[C@@H]23)c1. The molecule has 0 unspecified atom stereocenters. The first kappa shape index (κ1) is 14.3. The van der Waals surface area contributed by atoms with Gasteiger partial charge in [0.2, 0.25) is 0 Å². The predicted molar refractivity (Wildman–Crippen MR) is 90.9 cm³/mol. The Hall–Kier alpha value is -2.33. The van der Waals surface area contributed by atoms with Gasteiger partial charge in [-0.05, 0) is 29.5 Å². The molecule has 1 heterocycles. The monoisotopic (exact) mass is 326 g/mol. The number of allylic oxidation sites excluding steroid dienone is 2. The van der Waals surface area contributed by atoms with Crippen LogP contribution in [-0.4, -0.2) is 4.92 Å². The molecule has 0 saturated heterocycles. The molecule has 4 rings (SSSR count). The van der Waals surface area contributed by atoms with E-state index >= 15 is 0 Å². The summed E-state index contributed by atoms with van der Waals surface area (Å²) in [6.07, 6.45) is 5.37. The van der Waals surface area contributed by atoms with Crippen LogP contribution in [0.1, 0.15) is 29.5 Å². The van der Waals surface area contributed by atoms with Crippen molar-refractivity contribution in [2.24, 2.45) is 5.92 Å². The van der Waals surface area contributed by atoms with Crippen molar-refractivity contribution in [3.8, 4) is 0 Å². The Morgan fingerprint density at radius 3 is 2.87 bits per heavy atom. The van der Waals surface area contributed by atoms with Crippen LogP contribution in [-0.2, 0) is 0 Å². The van der Waals surface area contributed by atoms with Crippen LogP contribution in [0.5, 0.6) is 0 Å². The third kappa shape index (κ3) is 2.30. The lowest BCUT2D eigenvalue weighted by Gasteiger charge is -2.37. The Bertz CT molecular complexity index is 818. The molecule has 2 aromatic carbocycles. The highest BCUT2D eigenvalue weighted by molar-refractivity contribution is 6.33. The summed E-state index contributed by atoms with van der Waals surface area (Å²) in [7, 11) is 0. The molecule has 3 atom stereocenters. The second-order valence-corrected chi connectivity index (χ2v) is 6.44. The summed E-state index contributed by atoms with van der Waals surface area (Å²) in [5, 5.41) is 15.3. The maximum Gasteiger partial charge on any atom is 0.269 e. The molecule has 2 aromatic rings. The molecule has 23 heavy (non-hydrogen) atoms. The van der Waals surface area contributed by atoms with E-state index in [0.717, 1.165) is 17.7 Å². The third-order valence-corrected chi connectivity index (χ3v) is 5.10. The largest absolute Gasteiger partial charge is 0.376 e. The number of anilines is 1. The van der Waals surface area contributed by atoms with E-state index in [9.17, 15) is 10.1 Å². The van der Waals surface area contributed by atoms with Crippen molar-refractivity contribution >= 4 is 23.0 Å². The molecule has 0 radical (unpaired) electrons. The number of fused-ring (bicyclic) bond motifs is 3. The van der Waals surface area contributed by atoms with Crippen molar-refractivity contribution in [3.05, 3.63) is 80.9 Å². The van der Waals surface area contributed by atoms with Gasteiger partial charge in [-0.25, -0.2) is 0 Å². The van der Waals surface area contributed by atoms with Gasteiger partial charge in [-0.1, -0.05) is 48.0 Å². The summed E-state index contributed by atoms with van der Waals surface area (Å²) in [4.78, 5) is 10.7. The normalized spacial score (nSPS) is 24.7. The molecule has 1 N–H and O–H groups in total. The van der Waals surface area contributed by atoms with Gasteiger partial charge in [0.05, 0.1) is 21.7 Å². The standard InChI is InChI=1S/C18H15ClN2O2/c19-16-9-3-8-15-13-6-2-7-14(13)17(20-18(15)16)11-4-1-5-12(10-11)21(22)23/h1-6,8-10,13-14,17,20H,7H2/t13-,14-,17-/m1/s1. The molecule has 4 nitrogen and oxygen atoms in total. The van der Waals surface area contributed by atoms with Crippen LogP contribution >= 0.6 is 11.6 Å². The van der Waals surface area contributed by atoms with Gasteiger partial charge in [0, 0.05) is 18.1 Å². The quantitative estimate of drug-likeness (QED) is 0.476. The van der Waals surface area contributed by atoms with E-state index in [4.69, 9.17) is 11.6 Å². The minimum atomic E-state index is -0.350. The Morgan fingerprint density at radius 1 is 1.22 bits per heavy atom. The zero-order chi connectivity index (χ0) is 16.0. The number of nitro benzene ring substituents is 1. The Balaban J connectivity index is 1.80. The van der Waals surface area contributed by atoms with Gasteiger partial charge in [0.25, 0.3) is 5.69 Å². The number of halogens is 1. The molecule has 116 valence electrons. The minimum Gasteiger partial charge on any atom is -0.376 e. The van der Waals surface area contributed by atoms with Gasteiger partial charge in [0.15, 0.2) is 0 Å². The first-order valence-corrected chi connectivity index (χ1v) is 7.99. The van der Waals surface area contributed by atoms with Gasteiger partial charge in [-0.3, -0.25) is 10.1 Å². The van der Waals surface area contributed by atoms with Gasteiger partial charge in [-0.2, -0.15) is 0 Å². The number of para-hydroxylation sites is 1. The third-order valence-electron chi connectivity index (χ3n) is 4.79. The lowest BCUT2D eigenvalue weighted by Crippen LogP contribution is -2.29. The van der Waals surface area contributed by atoms with Gasteiger partial charge >= 0.3 is 0 Å². The molecule has 1 aliphatic heterocycles. The molecule has 0 bridgehead atoms. The number of nitrogens with zero attached hydrogens (tertiary/aromatic N) is 1. The summed E-state index contributed by atoms with van der Waals surface area (Å²) in [6.45, 7) is 0. The number of benzene rings is 2. The van der Waals surface area contributed by atoms with Crippen molar-refractivity contribution in [2.45, 2.75) is 18.4 Å². The molecule has 0 aromatic heterocycles.